The number of hydrogen-bond acceptors (Lipinski definition) is 3. The van der Waals surface area contributed by atoms with E-state index in [-0.39, 0.29) is 5.56 Å². The molecule has 4 nitrogen and oxygen atoms in total. The third-order valence-corrected chi connectivity index (χ3v) is 4.12. The third-order valence-electron chi connectivity index (χ3n) is 4.12. The molecule has 0 spiro atoms. The van der Waals surface area contributed by atoms with Crippen molar-refractivity contribution in [2.75, 3.05) is 0 Å². The van der Waals surface area contributed by atoms with Gasteiger partial charge in [0.25, 0.3) is 5.56 Å². The van der Waals surface area contributed by atoms with E-state index in [9.17, 15) is 4.79 Å². The van der Waals surface area contributed by atoms with Gasteiger partial charge in [-0.3, -0.25) is 9.36 Å². The average Bonchev–Trinajstić information content (AvgIpc) is 2.99. The van der Waals surface area contributed by atoms with Crippen molar-refractivity contribution in [2.24, 2.45) is 0 Å². The van der Waals surface area contributed by atoms with Gasteiger partial charge in [0.15, 0.2) is 0 Å². The summed E-state index contributed by atoms with van der Waals surface area (Å²) in [6.45, 7) is 0.632. The van der Waals surface area contributed by atoms with E-state index in [0.717, 1.165) is 23.4 Å². The second kappa shape index (κ2) is 5.22. The Morgan fingerprint density at radius 2 is 2.00 bits per heavy atom. The molecule has 1 aromatic heterocycles. The smallest absolute Gasteiger partial charge is 0.261 e. The summed E-state index contributed by atoms with van der Waals surface area (Å²) >= 11 is 0. The van der Waals surface area contributed by atoms with Crippen LogP contribution in [0.5, 0.6) is 0 Å². The van der Waals surface area contributed by atoms with Gasteiger partial charge in [-0.05, 0) is 41.8 Å². The van der Waals surface area contributed by atoms with Crippen molar-refractivity contribution >= 4 is 22.6 Å². The highest BCUT2D eigenvalue weighted by molar-refractivity contribution is 5.85. The summed E-state index contributed by atoms with van der Waals surface area (Å²) in [7, 11) is 0. The van der Waals surface area contributed by atoms with E-state index >= 15 is 0 Å². The predicted octanol–water partition coefficient (Wildman–Crippen LogP) is 3.21. The molecular weight excluding hydrogens is 286 g/mol. The first-order chi connectivity index (χ1) is 11.3. The zero-order valence-electron chi connectivity index (χ0n) is 12.4. The summed E-state index contributed by atoms with van der Waals surface area (Å²) in [5, 5.41) is 9.51. The van der Waals surface area contributed by atoms with Gasteiger partial charge in [0.1, 0.15) is 5.82 Å². The lowest BCUT2D eigenvalue weighted by molar-refractivity contribution is 0.725. The maximum absolute atomic E-state index is 12.7. The molecule has 0 aliphatic carbocycles. The van der Waals surface area contributed by atoms with Crippen LogP contribution in [0.4, 0.5) is 0 Å². The quantitative estimate of drug-likeness (QED) is 0.693. The average molecular weight is 299 g/mol. The van der Waals surface area contributed by atoms with Crippen molar-refractivity contribution in [3.63, 3.8) is 0 Å². The van der Waals surface area contributed by atoms with Crippen molar-refractivity contribution in [1.29, 1.82) is 5.26 Å². The Bertz CT molecular complexity index is 1040. The molecule has 1 aliphatic rings. The Labute approximate surface area is 133 Å². The molecule has 2 heterocycles. The molecule has 0 saturated heterocycles. The molecule has 0 unspecified atom stereocenters. The number of fused-ring (bicyclic) bond motifs is 2. The molecular formula is C19H13N3O. The van der Waals surface area contributed by atoms with Gasteiger partial charge >= 0.3 is 0 Å². The summed E-state index contributed by atoms with van der Waals surface area (Å²) in [5.41, 5.74) is 3.22. The molecule has 0 N–H and O–H groups in total. The standard InChI is InChI=1S/C19H13N3O/c20-12-14-6-7-17-16(11-14)19(23)22-9-8-15(18(22)21-17)10-13-4-2-1-3-5-13/h1-7,10-11H,8-9H2. The molecule has 0 radical (unpaired) electrons. The monoisotopic (exact) mass is 299 g/mol. The molecule has 0 atom stereocenters. The Morgan fingerprint density at radius 3 is 2.78 bits per heavy atom. The Kier molecular flexibility index (Phi) is 3.06. The fraction of sp³-hybridized carbons (Fsp3) is 0.105. The minimum Gasteiger partial charge on any atom is -0.292 e. The SMILES string of the molecule is N#Cc1ccc2nc3n(c(=O)c2c1)CCC3=Cc1ccccc1. The van der Waals surface area contributed by atoms with E-state index < -0.39 is 0 Å². The molecule has 1 aliphatic heterocycles. The minimum absolute atomic E-state index is 0.0708. The fourth-order valence-corrected chi connectivity index (χ4v) is 2.97. The Hall–Kier alpha value is -3.19. The lowest BCUT2D eigenvalue weighted by Crippen LogP contribution is -2.20. The van der Waals surface area contributed by atoms with Crippen LogP contribution in [0.25, 0.3) is 22.6 Å². The minimum atomic E-state index is -0.0708. The highest BCUT2D eigenvalue weighted by Gasteiger charge is 2.20. The van der Waals surface area contributed by atoms with Gasteiger partial charge in [0, 0.05) is 6.54 Å². The summed E-state index contributed by atoms with van der Waals surface area (Å²) < 4.78 is 1.71. The summed E-state index contributed by atoms with van der Waals surface area (Å²) in [6.07, 6.45) is 2.87. The number of allylic oxidation sites excluding steroid dienone is 1. The highest BCUT2D eigenvalue weighted by atomic mass is 16.1. The van der Waals surface area contributed by atoms with Crippen LogP contribution < -0.4 is 5.56 Å². The van der Waals surface area contributed by atoms with Gasteiger partial charge in [-0.1, -0.05) is 30.3 Å². The zero-order chi connectivity index (χ0) is 15.8. The summed E-state index contributed by atoms with van der Waals surface area (Å²) in [4.78, 5) is 17.3. The Balaban J connectivity index is 1.92. The molecule has 3 aromatic rings. The maximum atomic E-state index is 12.7. The number of rotatable bonds is 1. The third kappa shape index (κ3) is 2.23. The van der Waals surface area contributed by atoms with Gasteiger partial charge in [0.05, 0.1) is 22.5 Å². The largest absolute Gasteiger partial charge is 0.292 e. The van der Waals surface area contributed by atoms with Crippen molar-refractivity contribution < 1.29 is 0 Å². The van der Waals surface area contributed by atoms with E-state index in [2.05, 4.69) is 17.1 Å². The van der Waals surface area contributed by atoms with Gasteiger partial charge in [-0.15, -0.1) is 0 Å². The number of nitriles is 1. The molecule has 2 aromatic carbocycles. The van der Waals surface area contributed by atoms with Gasteiger partial charge < -0.3 is 0 Å². The van der Waals surface area contributed by atoms with E-state index in [1.54, 1.807) is 22.8 Å². The molecule has 23 heavy (non-hydrogen) atoms. The first-order valence-electron chi connectivity index (χ1n) is 7.47. The van der Waals surface area contributed by atoms with Crippen LogP contribution in [0.2, 0.25) is 0 Å². The molecule has 4 heteroatoms. The van der Waals surface area contributed by atoms with Crippen LogP contribution in [0, 0.1) is 11.3 Å². The van der Waals surface area contributed by atoms with Crippen molar-refractivity contribution in [1.82, 2.24) is 9.55 Å². The molecule has 0 saturated carbocycles. The van der Waals surface area contributed by atoms with Crippen molar-refractivity contribution in [3.05, 3.63) is 75.8 Å². The predicted molar refractivity (Wildman–Crippen MR) is 89.6 cm³/mol. The first-order valence-corrected chi connectivity index (χ1v) is 7.47. The summed E-state index contributed by atoms with van der Waals surface area (Å²) in [5.74, 6) is 0.732. The number of aromatic nitrogens is 2. The fourth-order valence-electron chi connectivity index (χ4n) is 2.97. The summed E-state index contributed by atoms with van der Waals surface area (Å²) in [6, 6.07) is 17.2. The number of benzene rings is 2. The number of nitrogens with zero attached hydrogens (tertiary/aromatic N) is 3. The Morgan fingerprint density at radius 1 is 1.17 bits per heavy atom. The maximum Gasteiger partial charge on any atom is 0.261 e. The molecule has 0 bridgehead atoms. The van der Waals surface area contributed by atoms with E-state index in [0.29, 0.717) is 23.0 Å². The highest BCUT2D eigenvalue weighted by Crippen LogP contribution is 2.27. The molecule has 4 rings (SSSR count). The normalized spacial score (nSPS) is 14.8. The van der Waals surface area contributed by atoms with E-state index in [4.69, 9.17) is 5.26 Å². The van der Waals surface area contributed by atoms with E-state index in [1.807, 2.05) is 30.3 Å². The van der Waals surface area contributed by atoms with E-state index in [1.165, 1.54) is 0 Å². The number of hydrogen-bond donors (Lipinski definition) is 0. The van der Waals surface area contributed by atoms with Crippen molar-refractivity contribution in [3.8, 4) is 6.07 Å². The molecule has 0 fully saturated rings. The van der Waals surface area contributed by atoms with Gasteiger partial charge in [0.2, 0.25) is 0 Å². The molecule has 110 valence electrons. The lowest BCUT2D eigenvalue weighted by atomic mass is 10.1. The van der Waals surface area contributed by atoms with Crippen LogP contribution in [-0.2, 0) is 6.54 Å². The lowest BCUT2D eigenvalue weighted by Gasteiger charge is -2.05. The first kappa shape index (κ1) is 13.5. The van der Waals surface area contributed by atoms with Crippen molar-refractivity contribution in [2.45, 2.75) is 13.0 Å². The molecule has 0 amide bonds. The van der Waals surface area contributed by atoms with Crippen LogP contribution in [0.1, 0.15) is 23.4 Å². The van der Waals surface area contributed by atoms with Crippen LogP contribution in [-0.4, -0.2) is 9.55 Å². The topological polar surface area (TPSA) is 58.7 Å². The van der Waals surface area contributed by atoms with Gasteiger partial charge in [-0.2, -0.15) is 5.26 Å². The van der Waals surface area contributed by atoms with Crippen LogP contribution in [0.15, 0.2) is 53.3 Å². The zero-order valence-corrected chi connectivity index (χ0v) is 12.4. The van der Waals surface area contributed by atoms with Crippen LogP contribution >= 0.6 is 0 Å². The second-order valence-electron chi connectivity index (χ2n) is 5.57. The second-order valence-corrected chi connectivity index (χ2v) is 5.57. The van der Waals surface area contributed by atoms with Gasteiger partial charge in [-0.25, -0.2) is 4.98 Å². The van der Waals surface area contributed by atoms with Crippen LogP contribution in [0.3, 0.4) is 0 Å².